The van der Waals surface area contributed by atoms with Crippen molar-refractivity contribution in [3.05, 3.63) is 99.8 Å². The number of anilines is 1. The lowest BCUT2D eigenvalue weighted by Crippen LogP contribution is -2.51. The second kappa shape index (κ2) is 15.4. The molecule has 2 amide bonds. The normalized spacial score (nSPS) is 12.2. The molecule has 0 heterocycles. The molecule has 0 saturated heterocycles. The fourth-order valence-corrected chi connectivity index (χ4v) is 5.83. The summed E-state index contributed by atoms with van der Waals surface area (Å²) in [5.74, 6) is -0.849. The average molecular weight is 637 g/mol. The van der Waals surface area contributed by atoms with Crippen molar-refractivity contribution in [1.29, 1.82) is 0 Å². The lowest BCUT2D eigenvalue weighted by Gasteiger charge is -2.32. The minimum atomic E-state index is -3.75. The van der Waals surface area contributed by atoms with Gasteiger partial charge in [0.2, 0.25) is 21.8 Å². The molecular weight excluding hydrogens is 600 g/mol. The van der Waals surface area contributed by atoms with Crippen LogP contribution in [0.4, 0.5) is 10.1 Å². The van der Waals surface area contributed by atoms with Crippen molar-refractivity contribution < 1.29 is 22.4 Å². The van der Waals surface area contributed by atoms with Gasteiger partial charge in [0.1, 0.15) is 11.9 Å². The highest BCUT2D eigenvalue weighted by atomic mass is 35.5. The molecule has 3 aromatic carbocycles. The molecule has 226 valence electrons. The van der Waals surface area contributed by atoms with Gasteiger partial charge in [0.15, 0.2) is 0 Å². The van der Waals surface area contributed by atoms with Crippen LogP contribution in [0.1, 0.15) is 37.8 Å². The summed E-state index contributed by atoms with van der Waals surface area (Å²) < 4.78 is 40.1. The topological polar surface area (TPSA) is 86.8 Å². The Morgan fingerprint density at radius 2 is 1.62 bits per heavy atom. The molecule has 0 aromatic heterocycles. The van der Waals surface area contributed by atoms with Crippen LogP contribution in [0.3, 0.4) is 0 Å². The average Bonchev–Trinajstić information content (AvgIpc) is 2.94. The molecule has 0 bridgehead atoms. The van der Waals surface area contributed by atoms with Gasteiger partial charge in [0.25, 0.3) is 0 Å². The van der Waals surface area contributed by atoms with Crippen LogP contribution in [0.5, 0.6) is 0 Å². The number of nitrogens with zero attached hydrogens (tertiary/aromatic N) is 2. The number of hydrogen-bond acceptors (Lipinski definition) is 4. The van der Waals surface area contributed by atoms with Crippen LogP contribution in [-0.4, -0.2) is 50.5 Å². The predicted molar refractivity (Wildman–Crippen MR) is 167 cm³/mol. The minimum Gasteiger partial charge on any atom is -0.354 e. The lowest BCUT2D eigenvalue weighted by atomic mass is 10.0. The van der Waals surface area contributed by atoms with Crippen LogP contribution >= 0.6 is 23.2 Å². The van der Waals surface area contributed by atoms with E-state index in [1.54, 1.807) is 18.2 Å². The highest BCUT2D eigenvalue weighted by Crippen LogP contribution is 2.31. The van der Waals surface area contributed by atoms with Crippen LogP contribution in [0.2, 0.25) is 10.0 Å². The summed E-state index contributed by atoms with van der Waals surface area (Å²) in [6.07, 6.45) is 1.43. The van der Waals surface area contributed by atoms with Crippen LogP contribution < -0.4 is 9.62 Å². The van der Waals surface area contributed by atoms with E-state index in [1.165, 1.54) is 29.2 Å². The first kappa shape index (κ1) is 33.4. The van der Waals surface area contributed by atoms with Crippen LogP contribution in [-0.2, 0) is 32.6 Å². The van der Waals surface area contributed by atoms with Gasteiger partial charge in [-0.2, -0.15) is 0 Å². The van der Waals surface area contributed by atoms with Gasteiger partial charge in [-0.05, 0) is 53.8 Å². The SMILES string of the molecule is CC(C)CNC(=O)C(Cc1ccccc1)N(Cc1ccc(F)cc1)C(=O)CCCN(c1cc(Cl)ccc1Cl)S(C)(=O)=O. The zero-order valence-corrected chi connectivity index (χ0v) is 26.2. The van der Waals surface area contributed by atoms with Crippen LogP contribution in [0.25, 0.3) is 0 Å². The second-order valence-electron chi connectivity index (χ2n) is 10.5. The standard InChI is InChI=1S/C31H36Cl2FN3O4S/c1-22(2)20-35-31(39)29(18-23-8-5-4-6-9-23)36(21-24-11-14-26(34)15-12-24)30(38)10-7-17-37(42(3,40)41)28-19-25(32)13-16-27(28)33/h4-6,8-9,11-16,19,22,29H,7,10,17-18,20-21H2,1-3H3,(H,35,39). The highest BCUT2D eigenvalue weighted by molar-refractivity contribution is 7.92. The maximum absolute atomic E-state index is 13.8. The number of nitrogens with one attached hydrogen (secondary N) is 1. The summed E-state index contributed by atoms with van der Waals surface area (Å²) in [6, 6.07) is 18.8. The highest BCUT2D eigenvalue weighted by Gasteiger charge is 2.31. The number of carbonyl (C=O) groups excluding carboxylic acids is 2. The first-order valence-electron chi connectivity index (χ1n) is 13.6. The first-order valence-corrected chi connectivity index (χ1v) is 16.2. The van der Waals surface area contributed by atoms with Crippen molar-refractivity contribution in [3.8, 4) is 0 Å². The number of benzene rings is 3. The Balaban J connectivity index is 1.89. The van der Waals surface area contributed by atoms with Gasteiger partial charge in [-0.25, -0.2) is 12.8 Å². The van der Waals surface area contributed by atoms with Crippen molar-refractivity contribution in [2.24, 2.45) is 5.92 Å². The number of hydrogen-bond donors (Lipinski definition) is 1. The zero-order valence-electron chi connectivity index (χ0n) is 23.9. The molecule has 42 heavy (non-hydrogen) atoms. The van der Waals surface area contributed by atoms with Gasteiger partial charge in [-0.1, -0.05) is 79.5 Å². The summed E-state index contributed by atoms with van der Waals surface area (Å²) in [6.45, 7) is 4.44. The minimum absolute atomic E-state index is 0.0298. The molecule has 1 unspecified atom stereocenters. The van der Waals surface area contributed by atoms with Crippen molar-refractivity contribution in [3.63, 3.8) is 0 Å². The van der Waals surface area contributed by atoms with E-state index in [4.69, 9.17) is 23.2 Å². The Morgan fingerprint density at radius 1 is 0.952 bits per heavy atom. The molecule has 0 fully saturated rings. The van der Waals surface area contributed by atoms with E-state index >= 15 is 0 Å². The van der Waals surface area contributed by atoms with E-state index in [1.807, 2.05) is 44.2 Å². The molecule has 1 atom stereocenters. The monoisotopic (exact) mass is 635 g/mol. The molecule has 0 radical (unpaired) electrons. The first-order chi connectivity index (χ1) is 19.8. The van der Waals surface area contributed by atoms with Gasteiger partial charge in [-0.3, -0.25) is 13.9 Å². The van der Waals surface area contributed by atoms with Crippen molar-refractivity contribution in [2.45, 2.75) is 45.7 Å². The van der Waals surface area contributed by atoms with Gasteiger partial charge >= 0.3 is 0 Å². The summed E-state index contributed by atoms with van der Waals surface area (Å²) in [4.78, 5) is 28.9. The molecule has 0 aliphatic carbocycles. The number of amides is 2. The number of carbonyl (C=O) groups is 2. The summed E-state index contributed by atoms with van der Waals surface area (Å²) in [7, 11) is -3.75. The van der Waals surface area contributed by atoms with Gasteiger partial charge in [0, 0.05) is 37.5 Å². The molecule has 0 aliphatic heterocycles. The number of halogens is 3. The van der Waals surface area contributed by atoms with E-state index < -0.39 is 21.9 Å². The van der Waals surface area contributed by atoms with E-state index in [2.05, 4.69) is 5.32 Å². The van der Waals surface area contributed by atoms with E-state index in [0.717, 1.165) is 16.1 Å². The smallest absolute Gasteiger partial charge is 0.243 e. The Bertz CT molecular complexity index is 1450. The molecule has 7 nitrogen and oxygen atoms in total. The summed E-state index contributed by atoms with van der Waals surface area (Å²) >= 11 is 12.4. The quantitative estimate of drug-likeness (QED) is 0.232. The van der Waals surface area contributed by atoms with Crippen molar-refractivity contribution in [2.75, 3.05) is 23.7 Å². The molecule has 3 aromatic rings. The van der Waals surface area contributed by atoms with E-state index in [0.29, 0.717) is 17.1 Å². The maximum Gasteiger partial charge on any atom is 0.243 e. The number of sulfonamides is 1. The lowest BCUT2D eigenvalue weighted by molar-refractivity contribution is -0.141. The van der Waals surface area contributed by atoms with Crippen LogP contribution in [0, 0.1) is 11.7 Å². The molecule has 1 N–H and O–H groups in total. The third-order valence-corrected chi connectivity index (χ3v) is 8.29. The maximum atomic E-state index is 13.8. The molecule has 0 spiro atoms. The van der Waals surface area contributed by atoms with Crippen LogP contribution in [0.15, 0.2) is 72.8 Å². The molecule has 0 aliphatic rings. The van der Waals surface area contributed by atoms with E-state index in [9.17, 15) is 22.4 Å². The van der Waals surface area contributed by atoms with E-state index in [-0.39, 0.29) is 60.8 Å². The molecule has 0 saturated carbocycles. The molecule has 11 heteroatoms. The number of rotatable bonds is 14. The second-order valence-corrected chi connectivity index (χ2v) is 13.3. The molecular formula is C31H36Cl2FN3O4S. The Labute approximate surface area is 257 Å². The Kier molecular flexibility index (Phi) is 12.2. The largest absolute Gasteiger partial charge is 0.354 e. The Hall–Kier alpha value is -3.14. The fraction of sp³-hybridized carbons (Fsp3) is 0.355. The predicted octanol–water partition coefficient (Wildman–Crippen LogP) is 6.09. The fourth-order valence-electron chi connectivity index (χ4n) is 4.42. The third-order valence-electron chi connectivity index (χ3n) is 6.55. The van der Waals surface area contributed by atoms with Crippen molar-refractivity contribution in [1.82, 2.24) is 10.2 Å². The molecule has 3 rings (SSSR count). The van der Waals surface area contributed by atoms with Gasteiger partial charge in [-0.15, -0.1) is 0 Å². The van der Waals surface area contributed by atoms with Gasteiger partial charge < -0.3 is 10.2 Å². The summed E-state index contributed by atoms with van der Waals surface area (Å²) in [5.41, 5.74) is 1.75. The Morgan fingerprint density at radius 3 is 2.24 bits per heavy atom. The third kappa shape index (κ3) is 10.00. The summed E-state index contributed by atoms with van der Waals surface area (Å²) in [5, 5.41) is 3.48. The van der Waals surface area contributed by atoms with Gasteiger partial charge in [0.05, 0.1) is 17.0 Å². The zero-order chi connectivity index (χ0) is 30.9. The van der Waals surface area contributed by atoms with Crippen molar-refractivity contribution >= 4 is 50.7 Å².